The van der Waals surface area contributed by atoms with E-state index in [1.54, 1.807) is 0 Å². The third kappa shape index (κ3) is 7.68. The lowest BCUT2D eigenvalue weighted by Gasteiger charge is -2.26. The average Bonchev–Trinajstić information content (AvgIpc) is 2.43. The molecule has 5 nitrogen and oxygen atoms in total. The molecule has 0 heterocycles. The molecule has 1 rings (SSSR count). The largest absolute Gasteiger partial charge is 0.480 e. The van der Waals surface area contributed by atoms with Gasteiger partial charge in [0, 0.05) is 6.04 Å². The number of aliphatic carboxylic acids is 1. The molecule has 1 unspecified atom stereocenters. The topological polar surface area (TPSA) is 69.6 Å². The second-order valence-corrected chi connectivity index (χ2v) is 4.84. The van der Waals surface area contributed by atoms with E-state index in [-0.39, 0.29) is 37.4 Å². The Morgan fingerprint density at radius 2 is 1.90 bits per heavy atom. The van der Waals surface area contributed by atoms with Crippen LogP contribution in [0.3, 0.4) is 0 Å². The Bertz CT molecular complexity index is 440. The Hall–Kier alpha value is -1.59. The van der Waals surface area contributed by atoms with Crippen LogP contribution >= 0.6 is 12.4 Å². The number of rotatable bonds is 8. The zero-order valence-electron chi connectivity index (χ0n) is 12.4. The second kappa shape index (κ2) is 10.2. The van der Waals surface area contributed by atoms with Crippen LogP contribution in [-0.4, -0.2) is 48.1 Å². The highest BCUT2D eigenvalue weighted by Gasteiger charge is 2.16. The molecule has 1 amide bonds. The number of amides is 1. The molecule has 118 valence electrons. The molecule has 0 fully saturated rings. The van der Waals surface area contributed by atoms with Crippen LogP contribution in [0.4, 0.5) is 0 Å². The average molecular weight is 315 g/mol. The minimum atomic E-state index is -1.03. The molecule has 2 N–H and O–H groups in total. The van der Waals surface area contributed by atoms with Gasteiger partial charge < -0.3 is 10.4 Å². The van der Waals surface area contributed by atoms with Crippen molar-refractivity contribution in [2.75, 3.05) is 20.1 Å². The smallest absolute Gasteiger partial charge is 0.322 e. The molecule has 0 aliphatic heterocycles. The summed E-state index contributed by atoms with van der Waals surface area (Å²) in [5.41, 5.74) is 1.23. The molecule has 6 heteroatoms. The minimum absolute atomic E-state index is 0. The van der Waals surface area contributed by atoms with Gasteiger partial charge in [0.1, 0.15) is 6.54 Å². The lowest BCUT2D eigenvalue weighted by Crippen LogP contribution is -2.42. The third-order valence-corrected chi connectivity index (χ3v) is 3.24. The normalized spacial score (nSPS) is 11.6. The van der Waals surface area contributed by atoms with Gasteiger partial charge in [-0.3, -0.25) is 14.5 Å². The number of hydrogen-bond donors (Lipinski definition) is 2. The van der Waals surface area contributed by atoms with Crippen molar-refractivity contribution in [2.24, 2.45) is 0 Å². The fraction of sp³-hybridized carbons (Fsp3) is 0.467. The van der Waals surface area contributed by atoms with Gasteiger partial charge in [-0.1, -0.05) is 37.3 Å². The zero-order valence-corrected chi connectivity index (χ0v) is 13.2. The van der Waals surface area contributed by atoms with Crippen LogP contribution in [0.2, 0.25) is 0 Å². The first kappa shape index (κ1) is 19.4. The first-order valence-electron chi connectivity index (χ1n) is 6.75. The molecule has 21 heavy (non-hydrogen) atoms. The molecule has 0 spiro atoms. The van der Waals surface area contributed by atoms with Crippen LogP contribution in [0.15, 0.2) is 30.3 Å². The highest BCUT2D eigenvalue weighted by molar-refractivity contribution is 5.85. The Kier molecular flexibility index (Phi) is 9.41. The molecule has 1 atom stereocenters. The summed E-state index contributed by atoms with van der Waals surface area (Å²) in [7, 11) is 1.89. The van der Waals surface area contributed by atoms with Crippen molar-refractivity contribution in [3.8, 4) is 0 Å². The number of likely N-dealkylation sites (N-methyl/N-ethyl adjacent to an activating group) is 1. The Labute approximate surface area is 131 Å². The molecule has 0 bridgehead atoms. The Morgan fingerprint density at radius 3 is 2.43 bits per heavy atom. The first-order valence-corrected chi connectivity index (χ1v) is 6.75. The van der Waals surface area contributed by atoms with Crippen LogP contribution in [-0.2, 0) is 16.0 Å². The monoisotopic (exact) mass is 314 g/mol. The summed E-state index contributed by atoms with van der Waals surface area (Å²) in [5.74, 6) is -1.29. The van der Waals surface area contributed by atoms with E-state index in [0.29, 0.717) is 0 Å². The van der Waals surface area contributed by atoms with E-state index in [4.69, 9.17) is 5.11 Å². The van der Waals surface area contributed by atoms with Crippen molar-refractivity contribution in [1.29, 1.82) is 0 Å². The molecular weight excluding hydrogens is 292 g/mol. The molecule has 0 aliphatic rings. The number of hydrogen-bond acceptors (Lipinski definition) is 3. The molecule has 0 saturated heterocycles. The van der Waals surface area contributed by atoms with Crippen molar-refractivity contribution in [3.05, 3.63) is 35.9 Å². The van der Waals surface area contributed by atoms with Gasteiger partial charge >= 0.3 is 5.97 Å². The maximum atomic E-state index is 11.6. The summed E-state index contributed by atoms with van der Waals surface area (Å²) < 4.78 is 0. The van der Waals surface area contributed by atoms with Crippen molar-refractivity contribution < 1.29 is 14.7 Å². The van der Waals surface area contributed by atoms with Gasteiger partial charge in [-0.15, -0.1) is 12.4 Å². The number of nitrogens with zero attached hydrogens (tertiary/aromatic N) is 1. The fourth-order valence-corrected chi connectivity index (χ4v) is 2.08. The van der Waals surface area contributed by atoms with Gasteiger partial charge in [0.2, 0.25) is 5.91 Å². The lowest BCUT2D eigenvalue weighted by molar-refractivity contribution is -0.138. The predicted molar refractivity (Wildman–Crippen MR) is 84.7 cm³/mol. The number of halogens is 1. The van der Waals surface area contributed by atoms with E-state index >= 15 is 0 Å². The van der Waals surface area contributed by atoms with Gasteiger partial charge in [-0.05, 0) is 25.5 Å². The highest BCUT2D eigenvalue weighted by atomic mass is 35.5. The second-order valence-electron chi connectivity index (χ2n) is 4.84. The van der Waals surface area contributed by atoms with Crippen LogP contribution < -0.4 is 5.32 Å². The van der Waals surface area contributed by atoms with Gasteiger partial charge in [-0.2, -0.15) is 0 Å². The van der Waals surface area contributed by atoms with E-state index in [9.17, 15) is 9.59 Å². The van der Waals surface area contributed by atoms with Crippen LogP contribution in [0.25, 0.3) is 0 Å². The maximum absolute atomic E-state index is 11.6. The summed E-state index contributed by atoms with van der Waals surface area (Å²) in [5, 5.41) is 10.9. The molecule has 1 aromatic rings. The zero-order chi connectivity index (χ0) is 15.0. The molecule has 0 aliphatic carbocycles. The summed E-state index contributed by atoms with van der Waals surface area (Å²) >= 11 is 0. The first-order chi connectivity index (χ1) is 9.52. The van der Waals surface area contributed by atoms with Crippen LogP contribution in [0.5, 0.6) is 0 Å². The maximum Gasteiger partial charge on any atom is 0.322 e. The number of carboxylic acids is 1. The van der Waals surface area contributed by atoms with Crippen molar-refractivity contribution in [1.82, 2.24) is 10.2 Å². The fourth-order valence-electron chi connectivity index (χ4n) is 2.08. The van der Waals surface area contributed by atoms with Crippen molar-refractivity contribution in [2.45, 2.75) is 25.8 Å². The number of benzene rings is 1. The number of carboxylic acid groups (broad SMARTS) is 1. The summed E-state index contributed by atoms with van der Waals surface area (Å²) in [6.07, 6.45) is 1.80. The quantitative estimate of drug-likeness (QED) is 0.764. The molecule has 1 aromatic carbocycles. The third-order valence-electron chi connectivity index (χ3n) is 3.24. The van der Waals surface area contributed by atoms with Gasteiger partial charge in [0.25, 0.3) is 0 Å². The number of nitrogens with one attached hydrogen (secondary N) is 1. The van der Waals surface area contributed by atoms with Crippen molar-refractivity contribution >= 4 is 24.3 Å². The summed E-state index contributed by atoms with van der Waals surface area (Å²) in [6, 6.07) is 10.4. The lowest BCUT2D eigenvalue weighted by atomic mass is 10.0. The molecule has 0 saturated carbocycles. The predicted octanol–water partition coefficient (Wildman–Crippen LogP) is 1.56. The van der Waals surface area contributed by atoms with Crippen LogP contribution in [0.1, 0.15) is 18.9 Å². The highest BCUT2D eigenvalue weighted by Crippen LogP contribution is 2.10. The molecule has 0 aromatic heterocycles. The van der Waals surface area contributed by atoms with E-state index in [1.165, 1.54) is 5.56 Å². The minimum Gasteiger partial charge on any atom is -0.480 e. The van der Waals surface area contributed by atoms with Crippen LogP contribution in [0, 0.1) is 0 Å². The van der Waals surface area contributed by atoms with E-state index in [1.807, 2.05) is 30.1 Å². The molecule has 0 radical (unpaired) electrons. The number of carbonyl (C=O) groups is 2. The standard InChI is InChI=1S/C15H22N2O3.ClH/c1-3-13(9-12-7-5-4-6-8-12)17(2)11-14(18)16-10-15(19)20;/h4-8,13H,3,9-11H2,1-2H3,(H,16,18)(H,19,20);1H. The van der Waals surface area contributed by atoms with Gasteiger partial charge in [0.15, 0.2) is 0 Å². The van der Waals surface area contributed by atoms with E-state index < -0.39 is 5.97 Å². The van der Waals surface area contributed by atoms with Crippen molar-refractivity contribution in [3.63, 3.8) is 0 Å². The van der Waals surface area contributed by atoms with E-state index in [2.05, 4.69) is 24.4 Å². The van der Waals surface area contributed by atoms with E-state index in [0.717, 1.165) is 12.8 Å². The van der Waals surface area contributed by atoms with Gasteiger partial charge in [0.05, 0.1) is 6.54 Å². The number of carbonyl (C=O) groups excluding carboxylic acids is 1. The summed E-state index contributed by atoms with van der Waals surface area (Å²) in [6.45, 7) is 1.96. The van der Waals surface area contributed by atoms with Gasteiger partial charge in [-0.25, -0.2) is 0 Å². The Morgan fingerprint density at radius 1 is 1.29 bits per heavy atom. The molecular formula is C15H23ClN2O3. The Balaban J connectivity index is 0.00000400. The summed E-state index contributed by atoms with van der Waals surface area (Å²) in [4.78, 5) is 24.0. The SMILES string of the molecule is CCC(Cc1ccccc1)N(C)CC(=O)NCC(=O)O.Cl.